The third kappa shape index (κ3) is 2.56. The van der Waals surface area contributed by atoms with Crippen LogP contribution in [-0.4, -0.2) is 19.9 Å². The average molecular weight is 299 g/mol. The molecule has 2 aromatic heterocycles. The average Bonchev–Trinajstić information content (AvgIpc) is 2.97. The van der Waals surface area contributed by atoms with Gasteiger partial charge in [-0.25, -0.2) is 15.0 Å². The molecule has 0 aliphatic carbocycles. The molecule has 0 aliphatic rings. The summed E-state index contributed by atoms with van der Waals surface area (Å²) in [6.45, 7) is 0. The van der Waals surface area contributed by atoms with Crippen LogP contribution in [-0.2, 0) is 0 Å². The fraction of sp³-hybridized carbons (Fsp3) is 0. The van der Waals surface area contributed by atoms with Gasteiger partial charge in [-0.2, -0.15) is 0 Å². The number of aromatic nitrogens is 3. The summed E-state index contributed by atoms with van der Waals surface area (Å²) in [6, 6.07) is 6.34. The van der Waals surface area contributed by atoms with Gasteiger partial charge in [0.1, 0.15) is 17.2 Å². The number of nitrogens with zero attached hydrogens (tertiary/aromatic N) is 4. The van der Waals surface area contributed by atoms with Crippen molar-refractivity contribution in [3.63, 3.8) is 0 Å². The van der Waals surface area contributed by atoms with Gasteiger partial charge in [-0.05, 0) is 0 Å². The molecule has 2 N–H and O–H groups in total. The van der Waals surface area contributed by atoms with Crippen molar-refractivity contribution in [1.29, 1.82) is 0 Å². The minimum absolute atomic E-state index is 0.0320. The van der Waals surface area contributed by atoms with Crippen LogP contribution in [0.5, 0.6) is 0 Å². The van der Waals surface area contributed by atoms with E-state index in [1.165, 1.54) is 29.8 Å². The lowest BCUT2D eigenvalue weighted by atomic mass is 10.1. The summed E-state index contributed by atoms with van der Waals surface area (Å²) in [5.41, 5.74) is 7.81. The van der Waals surface area contributed by atoms with Crippen LogP contribution in [0.25, 0.3) is 21.8 Å². The van der Waals surface area contributed by atoms with Gasteiger partial charge >= 0.3 is 0 Å². The van der Waals surface area contributed by atoms with Gasteiger partial charge in [0.15, 0.2) is 0 Å². The molecule has 21 heavy (non-hydrogen) atoms. The van der Waals surface area contributed by atoms with Crippen molar-refractivity contribution in [3.05, 3.63) is 52.3 Å². The van der Waals surface area contributed by atoms with Crippen molar-refractivity contribution in [2.45, 2.75) is 0 Å². The van der Waals surface area contributed by atoms with Crippen LogP contribution in [0.2, 0.25) is 0 Å². The number of thiazole rings is 1. The topological polar surface area (TPSA) is 108 Å². The summed E-state index contributed by atoms with van der Waals surface area (Å²) in [5, 5.41) is 13.3. The molecule has 2 heterocycles. The number of hydrogen-bond acceptors (Lipinski definition) is 7. The summed E-state index contributed by atoms with van der Waals surface area (Å²) in [5.74, 6) is 0.352. The van der Waals surface area contributed by atoms with Crippen LogP contribution in [0, 0.1) is 10.1 Å². The Kier molecular flexibility index (Phi) is 3.28. The highest BCUT2D eigenvalue weighted by atomic mass is 32.1. The lowest BCUT2D eigenvalue weighted by Crippen LogP contribution is -1.94. The second kappa shape index (κ2) is 5.25. The zero-order valence-corrected chi connectivity index (χ0v) is 11.4. The number of nitrogen functional groups attached to an aromatic ring is 1. The number of nitrogens with two attached hydrogens (primary N) is 1. The zero-order valence-electron chi connectivity index (χ0n) is 10.6. The van der Waals surface area contributed by atoms with E-state index in [0.29, 0.717) is 27.6 Å². The highest BCUT2D eigenvalue weighted by Crippen LogP contribution is 2.31. The Morgan fingerprint density at radius 3 is 2.95 bits per heavy atom. The van der Waals surface area contributed by atoms with Gasteiger partial charge in [0.2, 0.25) is 0 Å². The normalized spacial score (nSPS) is 10.5. The fourth-order valence-electron chi connectivity index (χ4n) is 1.81. The van der Waals surface area contributed by atoms with E-state index in [9.17, 15) is 10.1 Å². The Labute approximate surface area is 123 Å². The van der Waals surface area contributed by atoms with Gasteiger partial charge in [0, 0.05) is 29.3 Å². The molecule has 0 aliphatic heterocycles. The monoisotopic (exact) mass is 299 g/mol. The van der Waals surface area contributed by atoms with Crippen LogP contribution in [0.1, 0.15) is 0 Å². The van der Waals surface area contributed by atoms with Crippen LogP contribution in [0.15, 0.2) is 42.2 Å². The molecular formula is C13H9N5O2S. The Bertz CT molecular complexity index is 818. The van der Waals surface area contributed by atoms with Crippen LogP contribution < -0.4 is 5.73 Å². The van der Waals surface area contributed by atoms with Gasteiger partial charge in [0.25, 0.3) is 5.69 Å². The number of rotatable bonds is 3. The maximum Gasteiger partial charge on any atom is 0.270 e. The first-order valence-corrected chi connectivity index (χ1v) is 6.79. The van der Waals surface area contributed by atoms with E-state index in [2.05, 4.69) is 15.0 Å². The largest absolute Gasteiger partial charge is 0.383 e. The summed E-state index contributed by atoms with van der Waals surface area (Å²) in [4.78, 5) is 22.7. The van der Waals surface area contributed by atoms with E-state index in [1.54, 1.807) is 18.3 Å². The highest BCUT2D eigenvalue weighted by molar-refractivity contribution is 7.13. The number of hydrogen-bond donors (Lipinski definition) is 1. The van der Waals surface area contributed by atoms with E-state index in [4.69, 9.17) is 5.73 Å². The van der Waals surface area contributed by atoms with Crippen molar-refractivity contribution in [2.24, 2.45) is 0 Å². The minimum atomic E-state index is -0.431. The van der Waals surface area contributed by atoms with Gasteiger partial charge in [-0.3, -0.25) is 10.1 Å². The standard InChI is InChI=1S/C13H9N5O2S/c14-12-10(5-15-7-16-12)13-17-11(6-21-13)8-2-1-3-9(4-8)18(19)20/h1-7H,(H2,14,15,16). The number of anilines is 1. The molecule has 0 unspecified atom stereocenters. The van der Waals surface area contributed by atoms with Gasteiger partial charge in [0.05, 0.1) is 16.2 Å². The number of benzene rings is 1. The molecule has 0 bridgehead atoms. The lowest BCUT2D eigenvalue weighted by Gasteiger charge is -1.99. The van der Waals surface area contributed by atoms with Crippen molar-refractivity contribution in [2.75, 3.05) is 5.73 Å². The maximum absolute atomic E-state index is 10.8. The molecule has 8 heteroatoms. The third-order valence-electron chi connectivity index (χ3n) is 2.83. The number of nitro benzene ring substituents is 1. The van der Waals surface area contributed by atoms with Crippen molar-refractivity contribution >= 4 is 22.8 Å². The Morgan fingerprint density at radius 1 is 1.33 bits per heavy atom. The fourth-order valence-corrected chi connectivity index (χ4v) is 2.66. The second-order valence-electron chi connectivity index (χ2n) is 4.17. The molecule has 0 amide bonds. The maximum atomic E-state index is 10.8. The van der Waals surface area contributed by atoms with Crippen molar-refractivity contribution in [3.8, 4) is 21.8 Å². The van der Waals surface area contributed by atoms with Crippen LogP contribution in [0.4, 0.5) is 11.5 Å². The molecule has 0 fully saturated rings. The van der Waals surface area contributed by atoms with E-state index >= 15 is 0 Å². The Hall–Kier alpha value is -2.87. The van der Waals surface area contributed by atoms with Gasteiger partial charge in [-0.15, -0.1) is 11.3 Å². The molecule has 0 radical (unpaired) electrons. The molecule has 3 rings (SSSR count). The Morgan fingerprint density at radius 2 is 2.19 bits per heavy atom. The molecule has 0 spiro atoms. The zero-order chi connectivity index (χ0) is 14.8. The first kappa shape index (κ1) is 13.1. The summed E-state index contributed by atoms with van der Waals surface area (Å²) < 4.78 is 0. The lowest BCUT2D eigenvalue weighted by molar-refractivity contribution is -0.384. The summed E-state index contributed by atoms with van der Waals surface area (Å²) in [6.07, 6.45) is 2.96. The van der Waals surface area contributed by atoms with E-state index in [1.807, 2.05) is 5.38 Å². The quantitative estimate of drug-likeness (QED) is 0.588. The van der Waals surface area contributed by atoms with Gasteiger partial charge in [-0.1, -0.05) is 12.1 Å². The van der Waals surface area contributed by atoms with Crippen LogP contribution in [0.3, 0.4) is 0 Å². The predicted octanol–water partition coefficient (Wildman–Crippen LogP) is 2.76. The highest BCUT2D eigenvalue weighted by Gasteiger charge is 2.12. The Balaban J connectivity index is 2.01. The molecular weight excluding hydrogens is 290 g/mol. The molecule has 0 saturated heterocycles. The molecule has 1 aromatic carbocycles. The van der Waals surface area contributed by atoms with Crippen LogP contribution >= 0.6 is 11.3 Å². The summed E-state index contributed by atoms with van der Waals surface area (Å²) in [7, 11) is 0. The minimum Gasteiger partial charge on any atom is -0.383 e. The molecule has 104 valence electrons. The van der Waals surface area contributed by atoms with Crippen molar-refractivity contribution < 1.29 is 4.92 Å². The SMILES string of the molecule is Nc1ncncc1-c1nc(-c2cccc([N+](=O)[O-])c2)cs1. The molecule has 7 nitrogen and oxygen atoms in total. The third-order valence-corrected chi connectivity index (χ3v) is 3.71. The first-order valence-electron chi connectivity index (χ1n) is 5.91. The van der Waals surface area contributed by atoms with E-state index < -0.39 is 4.92 Å². The molecule has 3 aromatic rings. The van der Waals surface area contributed by atoms with Crippen molar-refractivity contribution in [1.82, 2.24) is 15.0 Å². The first-order chi connectivity index (χ1) is 10.1. The van der Waals surface area contributed by atoms with E-state index in [0.717, 1.165) is 0 Å². The van der Waals surface area contributed by atoms with E-state index in [-0.39, 0.29) is 5.69 Å². The predicted molar refractivity (Wildman–Crippen MR) is 79.6 cm³/mol. The molecule has 0 saturated carbocycles. The summed E-state index contributed by atoms with van der Waals surface area (Å²) >= 11 is 1.38. The second-order valence-corrected chi connectivity index (χ2v) is 5.03. The number of nitro groups is 1. The smallest absolute Gasteiger partial charge is 0.270 e. The molecule has 0 atom stereocenters. The number of non-ortho nitro benzene ring substituents is 1. The van der Waals surface area contributed by atoms with Gasteiger partial charge < -0.3 is 5.73 Å².